The number of hydrogen-bond acceptors (Lipinski definition) is 4. The Morgan fingerprint density at radius 2 is 2.12 bits per heavy atom. The van der Waals surface area contributed by atoms with Crippen molar-refractivity contribution in [2.45, 2.75) is 32.2 Å². The number of carbonyl (C=O) groups excluding carboxylic acids is 1. The van der Waals surface area contributed by atoms with Gasteiger partial charge in [0.15, 0.2) is 0 Å². The number of amides is 1. The maximum atomic E-state index is 12.0. The van der Waals surface area contributed by atoms with E-state index in [1.165, 1.54) is 0 Å². The van der Waals surface area contributed by atoms with Crippen molar-refractivity contribution < 1.29 is 13.2 Å². The Kier molecular flexibility index (Phi) is 4.94. The van der Waals surface area contributed by atoms with Crippen LogP contribution in [0.2, 0.25) is 0 Å². The zero-order valence-electron chi connectivity index (χ0n) is 10.6. The highest BCUT2D eigenvalue weighted by atomic mass is 32.2. The molecular formula is C11H22N2O3S. The van der Waals surface area contributed by atoms with E-state index in [2.05, 4.69) is 6.92 Å². The van der Waals surface area contributed by atoms with Crippen molar-refractivity contribution in [3.8, 4) is 0 Å². The minimum atomic E-state index is -3.07. The van der Waals surface area contributed by atoms with Crippen molar-refractivity contribution in [1.82, 2.24) is 4.90 Å². The Labute approximate surface area is 103 Å². The van der Waals surface area contributed by atoms with Gasteiger partial charge in [0.2, 0.25) is 5.91 Å². The summed E-state index contributed by atoms with van der Waals surface area (Å²) in [7, 11) is -3.07. The molecule has 6 heteroatoms. The van der Waals surface area contributed by atoms with Gasteiger partial charge >= 0.3 is 0 Å². The number of sulfone groups is 1. The Morgan fingerprint density at radius 3 is 2.65 bits per heavy atom. The van der Waals surface area contributed by atoms with Gasteiger partial charge in [0.05, 0.1) is 5.75 Å². The number of rotatable bonds is 4. The lowest BCUT2D eigenvalue weighted by Gasteiger charge is -2.39. The van der Waals surface area contributed by atoms with Crippen LogP contribution in [0.25, 0.3) is 0 Å². The molecule has 100 valence electrons. The molecule has 2 N–H and O–H groups in total. The predicted molar refractivity (Wildman–Crippen MR) is 67.3 cm³/mol. The Balaban J connectivity index is 2.60. The molecule has 0 aliphatic carbocycles. The molecule has 1 amide bonds. The highest BCUT2D eigenvalue weighted by Crippen LogP contribution is 2.23. The third kappa shape index (κ3) is 4.27. The molecule has 1 saturated heterocycles. The van der Waals surface area contributed by atoms with Crippen LogP contribution in [0.4, 0.5) is 0 Å². The van der Waals surface area contributed by atoms with Crippen molar-refractivity contribution in [2.24, 2.45) is 11.7 Å². The number of likely N-dealkylation sites (tertiary alicyclic amines) is 1. The molecular weight excluding hydrogens is 240 g/mol. The van der Waals surface area contributed by atoms with Crippen LogP contribution in [0.1, 0.15) is 26.2 Å². The van der Waals surface area contributed by atoms with Crippen LogP contribution in [0, 0.1) is 5.92 Å². The fourth-order valence-corrected chi connectivity index (χ4v) is 2.88. The molecule has 0 aromatic carbocycles. The van der Waals surface area contributed by atoms with E-state index < -0.39 is 9.84 Å². The lowest BCUT2D eigenvalue weighted by Crippen LogP contribution is -2.51. The minimum absolute atomic E-state index is 0.0656. The van der Waals surface area contributed by atoms with Gasteiger partial charge in [-0.3, -0.25) is 4.79 Å². The van der Waals surface area contributed by atoms with Crippen LogP contribution in [0.15, 0.2) is 0 Å². The Morgan fingerprint density at radius 1 is 1.47 bits per heavy atom. The first-order valence-corrected chi connectivity index (χ1v) is 8.08. The van der Waals surface area contributed by atoms with E-state index in [1.54, 1.807) is 4.90 Å². The molecule has 0 bridgehead atoms. The van der Waals surface area contributed by atoms with Crippen molar-refractivity contribution in [3.63, 3.8) is 0 Å². The van der Waals surface area contributed by atoms with E-state index in [4.69, 9.17) is 5.73 Å². The number of piperidine rings is 1. The van der Waals surface area contributed by atoms with Crippen LogP contribution in [-0.2, 0) is 14.6 Å². The standard InChI is InChI=1S/C11H22N2O3S/c1-9-4-3-6-13(10(9)8-12)11(14)5-7-17(2,15)16/h9-10H,3-8,12H2,1-2H3. The lowest BCUT2D eigenvalue weighted by molar-refractivity contribution is -0.135. The molecule has 1 aliphatic rings. The quantitative estimate of drug-likeness (QED) is 0.773. The number of nitrogens with two attached hydrogens (primary N) is 1. The van der Waals surface area contributed by atoms with Crippen LogP contribution in [0.3, 0.4) is 0 Å². The average Bonchev–Trinajstić information content (AvgIpc) is 2.24. The van der Waals surface area contributed by atoms with Crippen molar-refractivity contribution in [1.29, 1.82) is 0 Å². The molecule has 2 atom stereocenters. The van der Waals surface area contributed by atoms with Gasteiger partial charge in [-0.05, 0) is 18.8 Å². The lowest BCUT2D eigenvalue weighted by atomic mass is 9.90. The largest absolute Gasteiger partial charge is 0.338 e. The summed E-state index contributed by atoms with van der Waals surface area (Å²) >= 11 is 0. The van der Waals surface area contributed by atoms with Crippen LogP contribution < -0.4 is 5.73 Å². The second kappa shape index (κ2) is 5.82. The highest BCUT2D eigenvalue weighted by Gasteiger charge is 2.30. The minimum Gasteiger partial charge on any atom is -0.338 e. The third-order valence-corrected chi connectivity index (χ3v) is 4.31. The molecule has 0 radical (unpaired) electrons. The van der Waals surface area contributed by atoms with E-state index >= 15 is 0 Å². The van der Waals surface area contributed by atoms with Crippen LogP contribution in [0.5, 0.6) is 0 Å². The van der Waals surface area contributed by atoms with Gasteiger partial charge in [-0.15, -0.1) is 0 Å². The van der Waals surface area contributed by atoms with Crippen LogP contribution >= 0.6 is 0 Å². The van der Waals surface area contributed by atoms with Crippen molar-refractivity contribution in [3.05, 3.63) is 0 Å². The summed E-state index contributed by atoms with van der Waals surface area (Å²) < 4.78 is 22.1. The molecule has 17 heavy (non-hydrogen) atoms. The zero-order chi connectivity index (χ0) is 13.1. The first kappa shape index (κ1) is 14.4. The average molecular weight is 262 g/mol. The topological polar surface area (TPSA) is 80.5 Å². The molecule has 1 fully saturated rings. The van der Waals surface area contributed by atoms with Crippen LogP contribution in [-0.4, -0.2) is 50.4 Å². The van der Waals surface area contributed by atoms with Gasteiger partial charge in [0.25, 0.3) is 0 Å². The monoisotopic (exact) mass is 262 g/mol. The van der Waals surface area contributed by atoms with E-state index in [9.17, 15) is 13.2 Å². The predicted octanol–water partition coefficient (Wildman–Crippen LogP) is 0.00690. The molecule has 5 nitrogen and oxygen atoms in total. The summed E-state index contributed by atoms with van der Waals surface area (Å²) in [5, 5.41) is 0. The Hall–Kier alpha value is -0.620. The van der Waals surface area contributed by atoms with E-state index in [0.717, 1.165) is 19.1 Å². The molecule has 2 unspecified atom stereocenters. The summed E-state index contributed by atoms with van der Waals surface area (Å²) in [6, 6.07) is 0.0656. The fourth-order valence-electron chi connectivity index (χ4n) is 2.33. The summed E-state index contributed by atoms with van der Waals surface area (Å²) in [4.78, 5) is 13.7. The van der Waals surface area contributed by atoms with Crippen molar-refractivity contribution >= 4 is 15.7 Å². The summed E-state index contributed by atoms with van der Waals surface area (Å²) in [5.74, 6) is 0.238. The molecule has 1 aliphatic heterocycles. The summed E-state index contributed by atoms with van der Waals surface area (Å²) in [6.07, 6.45) is 3.28. The van der Waals surface area contributed by atoms with Crippen molar-refractivity contribution in [2.75, 3.05) is 25.1 Å². The molecule has 0 aromatic rings. The number of nitrogens with zero attached hydrogens (tertiary/aromatic N) is 1. The zero-order valence-corrected chi connectivity index (χ0v) is 11.4. The molecule has 0 saturated carbocycles. The summed E-state index contributed by atoms with van der Waals surface area (Å²) in [5.41, 5.74) is 5.69. The van der Waals surface area contributed by atoms with Gasteiger partial charge in [0, 0.05) is 31.8 Å². The maximum Gasteiger partial charge on any atom is 0.223 e. The third-order valence-electron chi connectivity index (χ3n) is 3.36. The Bertz CT molecular complexity index is 367. The second-order valence-electron chi connectivity index (χ2n) is 4.89. The first-order chi connectivity index (χ1) is 7.85. The SMILES string of the molecule is CC1CCCN(C(=O)CCS(C)(=O)=O)C1CN. The first-order valence-electron chi connectivity index (χ1n) is 6.02. The van der Waals surface area contributed by atoms with Gasteiger partial charge in [-0.1, -0.05) is 6.92 Å². The summed E-state index contributed by atoms with van der Waals surface area (Å²) in [6.45, 7) is 3.24. The van der Waals surface area contributed by atoms with Gasteiger partial charge in [0.1, 0.15) is 9.84 Å². The van der Waals surface area contributed by atoms with Gasteiger partial charge in [-0.2, -0.15) is 0 Å². The van der Waals surface area contributed by atoms with E-state index in [-0.39, 0.29) is 24.1 Å². The van der Waals surface area contributed by atoms with Gasteiger partial charge in [-0.25, -0.2) is 8.42 Å². The maximum absolute atomic E-state index is 12.0. The molecule has 1 rings (SSSR count). The van der Waals surface area contributed by atoms with E-state index in [0.29, 0.717) is 19.0 Å². The van der Waals surface area contributed by atoms with E-state index in [1.807, 2.05) is 0 Å². The number of hydrogen-bond donors (Lipinski definition) is 1. The van der Waals surface area contributed by atoms with Gasteiger partial charge < -0.3 is 10.6 Å². The molecule has 0 aromatic heterocycles. The normalized spacial score (nSPS) is 25.9. The fraction of sp³-hybridized carbons (Fsp3) is 0.909. The smallest absolute Gasteiger partial charge is 0.223 e. The molecule has 0 spiro atoms. The molecule has 1 heterocycles. The highest BCUT2D eigenvalue weighted by molar-refractivity contribution is 7.90. The number of carbonyl (C=O) groups is 1. The second-order valence-corrected chi connectivity index (χ2v) is 7.15.